The van der Waals surface area contributed by atoms with E-state index < -0.39 is 0 Å². The molecule has 0 atom stereocenters. The minimum Gasteiger partial charge on any atom is -0.494 e. The highest BCUT2D eigenvalue weighted by atomic mass is 16.5. The highest BCUT2D eigenvalue weighted by Gasteiger charge is 2.07. The first-order chi connectivity index (χ1) is 13.7. The van der Waals surface area contributed by atoms with Crippen molar-refractivity contribution in [2.45, 2.75) is 26.7 Å². The minimum atomic E-state index is 0.744. The lowest BCUT2D eigenvalue weighted by Crippen LogP contribution is -1.94. The van der Waals surface area contributed by atoms with Crippen molar-refractivity contribution in [3.05, 3.63) is 78.9 Å². The molecule has 0 spiro atoms. The van der Waals surface area contributed by atoms with Crippen molar-refractivity contribution in [2.75, 3.05) is 13.2 Å². The summed E-state index contributed by atoms with van der Waals surface area (Å²) in [5.74, 6) is 1.82. The van der Waals surface area contributed by atoms with Gasteiger partial charge in [0.1, 0.15) is 11.5 Å². The van der Waals surface area contributed by atoms with Gasteiger partial charge >= 0.3 is 0 Å². The molecule has 0 aliphatic heterocycles. The van der Waals surface area contributed by atoms with Crippen molar-refractivity contribution in [3.8, 4) is 33.8 Å². The molecule has 3 rings (SSSR count). The van der Waals surface area contributed by atoms with Crippen LogP contribution in [0.25, 0.3) is 28.3 Å². The Morgan fingerprint density at radius 3 is 1.68 bits per heavy atom. The van der Waals surface area contributed by atoms with E-state index in [9.17, 15) is 0 Å². The van der Waals surface area contributed by atoms with Gasteiger partial charge in [0, 0.05) is 0 Å². The second-order valence-electron chi connectivity index (χ2n) is 6.75. The number of hydrogen-bond acceptors (Lipinski definition) is 2. The van der Waals surface area contributed by atoms with Gasteiger partial charge in [-0.05, 0) is 71.0 Å². The molecular formula is C26H28O2. The van der Waals surface area contributed by atoms with Crippen LogP contribution in [0.1, 0.15) is 32.3 Å². The van der Waals surface area contributed by atoms with Gasteiger partial charge in [-0.2, -0.15) is 0 Å². The molecule has 144 valence electrons. The smallest absolute Gasteiger partial charge is 0.119 e. The van der Waals surface area contributed by atoms with Gasteiger partial charge < -0.3 is 9.47 Å². The molecule has 0 saturated heterocycles. The summed E-state index contributed by atoms with van der Waals surface area (Å²) in [5.41, 5.74) is 5.79. The number of hydrogen-bond donors (Lipinski definition) is 0. The van der Waals surface area contributed by atoms with Gasteiger partial charge in [0.15, 0.2) is 0 Å². The fraction of sp³-hybridized carbons (Fsp3) is 0.231. The monoisotopic (exact) mass is 372 g/mol. The third kappa shape index (κ3) is 4.83. The summed E-state index contributed by atoms with van der Waals surface area (Å²) < 4.78 is 11.4. The van der Waals surface area contributed by atoms with Crippen molar-refractivity contribution < 1.29 is 9.47 Å². The molecule has 2 heteroatoms. The maximum absolute atomic E-state index is 5.68. The van der Waals surface area contributed by atoms with Crippen LogP contribution in [0.2, 0.25) is 0 Å². The first-order valence-electron chi connectivity index (χ1n) is 9.98. The van der Waals surface area contributed by atoms with Gasteiger partial charge in [0.25, 0.3) is 0 Å². The first kappa shape index (κ1) is 19.8. The Morgan fingerprint density at radius 2 is 1.18 bits per heavy atom. The molecule has 0 radical (unpaired) electrons. The Bertz CT molecular complexity index is 893. The molecule has 28 heavy (non-hydrogen) atoms. The summed E-state index contributed by atoms with van der Waals surface area (Å²) >= 11 is 0. The average Bonchev–Trinajstić information content (AvgIpc) is 2.76. The molecule has 0 amide bonds. The van der Waals surface area contributed by atoms with Crippen LogP contribution >= 0.6 is 0 Å². The SMILES string of the molecule is C=Cc1cc(-c2ccc(OCCC)cc2)ccc1-c1ccc(OCCC)cc1. The molecule has 0 bridgehead atoms. The molecule has 0 aromatic heterocycles. The average molecular weight is 373 g/mol. The highest BCUT2D eigenvalue weighted by molar-refractivity contribution is 5.79. The standard InChI is InChI=1S/C26H28O2/c1-4-17-27-24-12-7-21(8-13-24)23-11-16-26(20(6-3)19-23)22-9-14-25(15-10-22)28-18-5-2/h6-16,19H,3-5,17-18H2,1-2H3. The van der Waals surface area contributed by atoms with Gasteiger partial charge in [0.2, 0.25) is 0 Å². The van der Waals surface area contributed by atoms with Gasteiger partial charge in [-0.25, -0.2) is 0 Å². The second-order valence-corrected chi connectivity index (χ2v) is 6.75. The first-order valence-corrected chi connectivity index (χ1v) is 9.98. The zero-order valence-corrected chi connectivity index (χ0v) is 16.8. The zero-order valence-electron chi connectivity index (χ0n) is 16.8. The van der Waals surface area contributed by atoms with Crippen molar-refractivity contribution in [3.63, 3.8) is 0 Å². The number of ether oxygens (including phenoxy) is 2. The minimum absolute atomic E-state index is 0.744. The topological polar surface area (TPSA) is 18.5 Å². The number of rotatable bonds is 9. The molecule has 0 heterocycles. The molecule has 0 fully saturated rings. The normalized spacial score (nSPS) is 10.5. The van der Waals surface area contributed by atoms with E-state index in [1.54, 1.807) is 0 Å². The summed E-state index contributed by atoms with van der Waals surface area (Å²) in [7, 11) is 0. The Kier molecular flexibility index (Phi) is 6.91. The van der Waals surface area contributed by atoms with Gasteiger partial charge in [-0.3, -0.25) is 0 Å². The summed E-state index contributed by atoms with van der Waals surface area (Å²) in [5, 5.41) is 0. The van der Waals surface area contributed by atoms with E-state index in [1.165, 1.54) is 16.7 Å². The quantitative estimate of drug-likeness (QED) is 0.394. The van der Waals surface area contributed by atoms with Gasteiger partial charge in [-0.15, -0.1) is 0 Å². The van der Waals surface area contributed by atoms with E-state index in [4.69, 9.17) is 9.47 Å². The van der Waals surface area contributed by atoms with Gasteiger partial charge in [0.05, 0.1) is 13.2 Å². The van der Waals surface area contributed by atoms with Crippen LogP contribution in [0.5, 0.6) is 11.5 Å². The highest BCUT2D eigenvalue weighted by Crippen LogP contribution is 2.31. The lowest BCUT2D eigenvalue weighted by Gasteiger charge is -2.11. The van der Waals surface area contributed by atoms with Crippen LogP contribution in [0.4, 0.5) is 0 Å². The van der Waals surface area contributed by atoms with E-state index in [0.29, 0.717) is 0 Å². The Hall–Kier alpha value is -3.00. The predicted molar refractivity (Wildman–Crippen MR) is 119 cm³/mol. The van der Waals surface area contributed by atoms with Crippen LogP contribution in [0.3, 0.4) is 0 Å². The lowest BCUT2D eigenvalue weighted by molar-refractivity contribution is 0.317. The molecule has 3 aromatic carbocycles. The van der Waals surface area contributed by atoms with Crippen molar-refractivity contribution in [1.82, 2.24) is 0 Å². The maximum atomic E-state index is 5.68. The summed E-state index contributed by atoms with van der Waals surface area (Å²) in [4.78, 5) is 0. The molecule has 0 saturated carbocycles. The van der Waals surface area contributed by atoms with E-state index in [0.717, 1.165) is 48.7 Å². The Labute approximate surface area is 168 Å². The van der Waals surface area contributed by atoms with Crippen LogP contribution in [0, 0.1) is 0 Å². The van der Waals surface area contributed by atoms with Crippen molar-refractivity contribution >= 4 is 6.08 Å². The van der Waals surface area contributed by atoms with Crippen molar-refractivity contribution in [2.24, 2.45) is 0 Å². The van der Waals surface area contributed by atoms with Crippen LogP contribution in [-0.2, 0) is 0 Å². The van der Waals surface area contributed by atoms with Crippen LogP contribution in [0.15, 0.2) is 73.3 Å². The van der Waals surface area contributed by atoms with Crippen molar-refractivity contribution in [1.29, 1.82) is 0 Å². The second kappa shape index (κ2) is 9.80. The molecule has 0 N–H and O–H groups in total. The molecule has 0 aliphatic carbocycles. The fourth-order valence-corrected chi connectivity index (χ4v) is 3.09. The molecule has 0 aliphatic rings. The molecule has 0 unspecified atom stereocenters. The Balaban J connectivity index is 1.83. The Morgan fingerprint density at radius 1 is 0.679 bits per heavy atom. The summed E-state index contributed by atoms with van der Waals surface area (Å²) in [6, 6.07) is 23.0. The fourth-order valence-electron chi connectivity index (χ4n) is 3.09. The van der Waals surface area contributed by atoms with E-state index in [1.807, 2.05) is 30.3 Å². The van der Waals surface area contributed by atoms with E-state index in [-0.39, 0.29) is 0 Å². The third-order valence-corrected chi connectivity index (χ3v) is 4.57. The van der Waals surface area contributed by atoms with Gasteiger partial charge in [-0.1, -0.05) is 62.9 Å². The molecule has 2 nitrogen and oxygen atoms in total. The molecule has 3 aromatic rings. The lowest BCUT2D eigenvalue weighted by atomic mass is 9.95. The maximum Gasteiger partial charge on any atom is 0.119 e. The van der Waals surface area contributed by atoms with E-state index >= 15 is 0 Å². The predicted octanol–water partition coefficient (Wildman–Crippen LogP) is 7.24. The largest absolute Gasteiger partial charge is 0.494 e. The van der Waals surface area contributed by atoms with Crippen LogP contribution in [-0.4, -0.2) is 13.2 Å². The zero-order chi connectivity index (χ0) is 19.8. The van der Waals surface area contributed by atoms with E-state index in [2.05, 4.69) is 62.9 Å². The summed E-state index contributed by atoms with van der Waals surface area (Å²) in [6.45, 7) is 9.72. The molecular weight excluding hydrogens is 344 g/mol. The number of benzene rings is 3. The summed E-state index contributed by atoms with van der Waals surface area (Å²) in [6.07, 6.45) is 3.94. The third-order valence-electron chi connectivity index (χ3n) is 4.57. The van der Waals surface area contributed by atoms with Crippen LogP contribution < -0.4 is 9.47 Å².